The van der Waals surface area contributed by atoms with Crippen LogP contribution < -0.4 is 0 Å². The number of aromatic nitrogens is 4. The zero-order chi connectivity index (χ0) is 17.7. The van der Waals surface area contributed by atoms with Crippen LogP contribution in [0.3, 0.4) is 0 Å². The molecule has 0 saturated heterocycles. The van der Waals surface area contributed by atoms with Gasteiger partial charge in [-0.15, -0.1) is 5.10 Å². The number of nitriles is 1. The van der Waals surface area contributed by atoms with E-state index in [-0.39, 0.29) is 11.2 Å². The van der Waals surface area contributed by atoms with Gasteiger partial charge in [0, 0.05) is 13.6 Å². The minimum atomic E-state index is -0.344. The molecule has 0 spiro atoms. The van der Waals surface area contributed by atoms with Crippen LogP contribution >= 0.6 is 11.8 Å². The van der Waals surface area contributed by atoms with E-state index in [4.69, 9.17) is 5.26 Å². The summed E-state index contributed by atoms with van der Waals surface area (Å²) in [4.78, 5) is 13.9. The summed E-state index contributed by atoms with van der Waals surface area (Å²) in [7, 11) is 1.70. The first kappa shape index (κ1) is 17.9. The number of carbonyl (C=O) groups excluding carboxylic acids is 1. The lowest BCUT2D eigenvalue weighted by atomic mass is 10.1. The van der Waals surface area contributed by atoms with Gasteiger partial charge in [0.2, 0.25) is 11.1 Å². The number of carbonyl (C=O) groups is 1. The lowest BCUT2D eigenvalue weighted by molar-refractivity contribution is -0.128. The average molecular weight is 344 g/mol. The van der Waals surface area contributed by atoms with Crippen molar-refractivity contribution in [2.45, 2.75) is 37.6 Å². The molecule has 0 N–H and O–H groups in total. The van der Waals surface area contributed by atoms with Crippen molar-refractivity contribution in [3.8, 4) is 11.8 Å². The zero-order valence-corrected chi connectivity index (χ0v) is 15.0. The van der Waals surface area contributed by atoms with Crippen molar-refractivity contribution in [3.63, 3.8) is 0 Å². The smallest absolute Gasteiger partial charge is 0.235 e. The van der Waals surface area contributed by atoms with Gasteiger partial charge in [-0.2, -0.15) is 9.94 Å². The molecular formula is C16H20N6OS. The molecule has 0 saturated carbocycles. The van der Waals surface area contributed by atoms with Gasteiger partial charge in [-0.1, -0.05) is 23.9 Å². The third kappa shape index (κ3) is 4.11. The van der Waals surface area contributed by atoms with E-state index < -0.39 is 0 Å². The lowest BCUT2D eigenvalue weighted by Gasteiger charge is -2.19. The number of benzene rings is 1. The zero-order valence-electron chi connectivity index (χ0n) is 14.2. The molecule has 8 heteroatoms. The van der Waals surface area contributed by atoms with Crippen LogP contribution in [-0.2, 0) is 4.79 Å². The predicted molar refractivity (Wildman–Crippen MR) is 91.8 cm³/mol. The fraction of sp³-hybridized carbons (Fsp3) is 0.438. The average Bonchev–Trinajstić information content (AvgIpc) is 3.01. The Bertz CT molecular complexity index is 766. The summed E-state index contributed by atoms with van der Waals surface area (Å²) in [5, 5.41) is 20.7. The predicted octanol–water partition coefficient (Wildman–Crippen LogP) is 2.13. The molecule has 0 aliphatic carbocycles. The Morgan fingerprint density at radius 1 is 1.46 bits per heavy atom. The van der Waals surface area contributed by atoms with Crippen LogP contribution in [0.4, 0.5) is 0 Å². The van der Waals surface area contributed by atoms with E-state index in [1.165, 1.54) is 11.8 Å². The molecule has 1 heterocycles. The normalized spacial score (nSPS) is 11.8. The van der Waals surface area contributed by atoms with Crippen LogP contribution in [-0.4, -0.2) is 49.9 Å². The molecule has 0 aliphatic rings. The van der Waals surface area contributed by atoms with E-state index >= 15 is 0 Å². The van der Waals surface area contributed by atoms with Gasteiger partial charge in [0.05, 0.1) is 23.4 Å². The Kier molecular flexibility index (Phi) is 5.93. The molecule has 2 rings (SSSR count). The first-order valence-corrected chi connectivity index (χ1v) is 8.46. The van der Waals surface area contributed by atoms with Crippen molar-refractivity contribution >= 4 is 17.7 Å². The molecule has 2 aromatic rings. The van der Waals surface area contributed by atoms with Gasteiger partial charge in [0.1, 0.15) is 0 Å². The number of nitrogens with zero attached hydrogens (tertiary/aromatic N) is 6. The van der Waals surface area contributed by atoms with Crippen LogP contribution in [0.25, 0.3) is 5.69 Å². The molecule has 1 atom stereocenters. The van der Waals surface area contributed by atoms with E-state index in [1.54, 1.807) is 16.6 Å². The van der Waals surface area contributed by atoms with E-state index in [2.05, 4.69) is 15.5 Å². The summed E-state index contributed by atoms with van der Waals surface area (Å²) >= 11 is 1.31. The highest BCUT2D eigenvalue weighted by Crippen LogP contribution is 2.25. The third-order valence-corrected chi connectivity index (χ3v) is 4.62. The van der Waals surface area contributed by atoms with E-state index in [0.717, 1.165) is 16.8 Å². The maximum atomic E-state index is 12.4. The van der Waals surface area contributed by atoms with Crippen molar-refractivity contribution in [1.82, 2.24) is 25.1 Å². The fourth-order valence-electron chi connectivity index (χ4n) is 2.20. The topological polar surface area (TPSA) is 87.7 Å². The second kappa shape index (κ2) is 7.93. The molecule has 0 radical (unpaired) electrons. The Labute approximate surface area is 145 Å². The second-order valence-corrected chi connectivity index (χ2v) is 6.90. The highest BCUT2D eigenvalue weighted by molar-refractivity contribution is 8.00. The standard InChI is InChI=1S/C16H20N6OS/c1-11-6-7-12(2)14(10-11)22-16(18-19-20-22)24-13(3)15(23)21(4)9-5-8-17/h6-7,10,13H,5,9H2,1-4H3/t13-/m0/s1. The molecule has 0 unspecified atom stereocenters. The van der Waals surface area contributed by atoms with Crippen molar-refractivity contribution < 1.29 is 4.79 Å². The van der Waals surface area contributed by atoms with Crippen LogP contribution in [0.15, 0.2) is 23.4 Å². The van der Waals surface area contributed by atoms with Gasteiger partial charge in [0.15, 0.2) is 0 Å². The van der Waals surface area contributed by atoms with Crippen molar-refractivity contribution in [1.29, 1.82) is 5.26 Å². The fourth-order valence-corrected chi connectivity index (χ4v) is 3.11. The highest BCUT2D eigenvalue weighted by Gasteiger charge is 2.22. The van der Waals surface area contributed by atoms with Crippen LogP contribution in [0.5, 0.6) is 0 Å². The number of hydrogen-bond acceptors (Lipinski definition) is 6. The number of hydrogen-bond donors (Lipinski definition) is 0. The number of amides is 1. The summed E-state index contributed by atoms with van der Waals surface area (Å²) in [6, 6.07) is 8.11. The maximum absolute atomic E-state index is 12.4. The van der Waals surface area contributed by atoms with Crippen molar-refractivity contribution in [3.05, 3.63) is 29.3 Å². The molecule has 7 nitrogen and oxygen atoms in total. The monoisotopic (exact) mass is 344 g/mol. The summed E-state index contributed by atoms with van der Waals surface area (Å²) in [6.07, 6.45) is 0.319. The van der Waals surface area contributed by atoms with Gasteiger partial charge in [-0.05, 0) is 48.4 Å². The SMILES string of the molecule is Cc1ccc(C)c(-n2nnnc2S[C@@H](C)C(=O)N(C)CCC#N)c1. The third-order valence-electron chi connectivity index (χ3n) is 3.60. The Morgan fingerprint density at radius 2 is 2.21 bits per heavy atom. The quantitative estimate of drug-likeness (QED) is 0.746. The molecule has 0 fully saturated rings. The number of aryl methyl sites for hydroxylation is 2. The van der Waals surface area contributed by atoms with E-state index in [9.17, 15) is 4.79 Å². The first-order valence-electron chi connectivity index (χ1n) is 7.58. The summed E-state index contributed by atoms with van der Waals surface area (Å²) in [5.74, 6) is -0.0502. The van der Waals surface area contributed by atoms with E-state index in [1.807, 2.05) is 45.0 Å². The minimum absolute atomic E-state index is 0.0502. The summed E-state index contributed by atoms with van der Waals surface area (Å²) in [5.41, 5.74) is 3.07. The maximum Gasteiger partial charge on any atom is 0.235 e. The molecule has 1 amide bonds. The molecule has 0 aliphatic heterocycles. The number of rotatable bonds is 6. The van der Waals surface area contributed by atoms with Crippen LogP contribution in [0, 0.1) is 25.2 Å². The Balaban J connectivity index is 2.17. The molecular weight excluding hydrogens is 324 g/mol. The second-order valence-electron chi connectivity index (χ2n) is 5.59. The Morgan fingerprint density at radius 3 is 2.92 bits per heavy atom. The van der Waals surface area contributed by atoms with Gasteiger partial charge in [-0.25, -0.2) is 0 Å². The Hall–Kier alpha value is -2.40. The largest absolute Gasteiger partial charge is 0.344 e. The van der Waals surface area contributed by atoms with Crippen molar-refractivity contribution in [2.75, 3.05) is 13.6 Å². The molecule has 1 aromatic carbocycles. The van der Waals surface area contributed by atoms with Gasteiger partial charge in [-0.3, -0.25) is 4.79 Å². The van der Waals surface area contributed by atoms with Gasteiger partial charge < -0.3 is 4.90 Å². The van der Waals surface area contributed by atoms with Crippen LogP contribution in [0.1, 0.15) is 24.5 Å². The molecule has 1 aromatic heterocycles. The highest BCUT2D eigenvalue weighted by atomic mass is 32.2. The van der Waals surface area contributed by atoms with Crippen LogP contribution in [0.2, 0.25) is 0 Å². The summed E-state index contributed by atoms with van der Waals surface area (Å²) in [6.45, 7) is 6.24. The number of tetrazole rings is 1. The molecule has 126 valence electrons. The number of thioether (sulfide) groups is 1. The van der Waals surface area contributed by atoms with Crippen molar-refractivity contribution in [2.24, 2.45) is 0 Å². The molecule has 0 bridgehead atoms. The molecule has 24 heavy (non-hydrogen) atoms. The van der Waals surface area contributed by atoms with E-state index in [0.29, 0.717) is 18.1 Å². The summed E-state index contributed by atoms with van der Waals surface area (Å²) < 4.78 is 1.66. The lowest BCUT2D eigenvalue weighted by Crippen LogP contribution is -2.34. The van der Waals surface area contributed by atoms with Gasteiger partial charge in [0.25, 0.3) is 0 Å². The first-order chi connectivity index (χ1) is 11.4. The minimum Gasteiger partial charge on any atom is -0.344 e. The van der Waals surface area contributed by atoms with Gasteiger partial charge >= 0.3 is 0 Å².